The largest absolute Gasteiger partial charge is 0.495 e. The molecule has 0 radical (unpaired) electrons. The highest BCUT2D eigenvalue weighted by Crippen LogP contribution is 2.47. The number of nitrogens with one attached hydrogen (secondary N) is 1. The maximum atomic E-state index is 13.8. The van der Waals surface area contributed by atoms with Crippen LogP contribution in [0.15, 0.2) is 78.9 Å². The van der Waals surface area contributed by atoms with Crippen LogP contribution in [0.25, 0.3) is 11.1 Å². The number of imide groups is 2. The third kappa shape index (κ3) is 7.18. The Labute approximate surface area is 343 Å². The maximum absolute atomic E-state index is 13.8. The third-order valence-corrected chi connectivity index (χ3v) is 12.3. The standard InChI is InChI=1S/C46H47N7O6/c1-29(5-16-42(55)48-28-54)52-43(56)37-14-13-35(22-38(37)44(52)57)50-19-17-49(18-20-50)25-30-26-51(27-30)34-10-6-31(7-11-34)32-9-15-40-39(21-32)46(2,3)45(58)53(40)36-12-8-33(24-47)41(23-36)59-4/h6-15,21-23,28-30H,5,16-20,25-27H2,1-4H3,(H,48,54,55). The Bertz CT molecular complexity index is 2390. The van der Waals surface area contributed by atoms with Gasteiger partial charge in [0, 0.05) is 81.6 Å². The Morgan fingerprint density at radius 3 is 2.24 bits per heavy atom. The molecule has 1 unspecified atom stereocenters. The first-order valence-corrected chi connectivity index (χ1v) is 20.1. The molecule has 13 nitrogen and oxygen atoms in total. The molecule has 0 bridgehead atoms. The molecule has 0 aliphatic carbocycles. The normalized spacial score (nSPS) is 18.0. The number of nitriles is 1. The molecule has 2 saturated heterocycles. The zero-order valence-electron chi connectivity index (χ0n) is 33.7. The van der Waals surface area contributed by atoms with Gasteiger partial charge in [0.1, 0.15) is 11.8 Å². The van der Waals surface area contributed by atoms with Gasteiger partial charge in [-0.1, -0.05) is 18.2 Å². The third-order valence-electron chi connectivity index (χ3n) is 12.3. The van der Waals surface area contributed by atoms with E-state index in [2.05, 4.69) is 62.5 Å². The Morgan fingerprint density at radius 2 is 1.54 bits per heavy atom. The van der Waals surface area contributed by atoms with Crippen molar-refractivity contribution < 1.29 is 28.7 Å². The van der Waals surface area contributed by atoms with Gasteiger partial charge in [0.25, 0.3) is 11.8 Å². The van der Waals surface area contributed by atoms with Crippen LogP contribution in [0, 0.1) is 17.2 Å². The SMILES string of the molecule is COc1cc(N2C(=O)C(C)(C)c3cc(-c4ccc(N5CC(CN6CCN(c7ccc8c(c7)C(=O)N(C(C)CCC(=O)NC=O)C8=O)CC6)C5)cc4)ccc32)ccc1C#N. The number of carbonyl (C=O) groups excluding carboxylic acids is 5. The number of methoxy groups -OCH3 is 1. The monoisotopic (exact) mass is 793 g/mol. The zero-order valence-corrected chi connectivity index (χ0v) is 33.7. The fourth-order valence-electron chi connectivity index (χ4n) is 8.85. The van der Waals surface area contributed by atoms with Crippen LogP contribution in [0.2, 0.25) is 0 Å². The summed E-state index contributed by atoms with van der Waals surface area (Å²) in [6.45, 7) is 12.1. The second kappa shape index (κ2) is 15.7. The van der Waals surface area contributed by atoms with E-state index in [1.54, 1.807) is 36.1 Å². The van der Waals surface area contributed by atoms with Crippen molar-refractivity contribution in [3.8, 4) is 22.9 Å². The van der Waals surface area contributed by atoms with Gasteiger partial charge in [0.2, 0.25) is 18.2 Å². The molecule has 4 aliphatic heterocycles. The number of rotatable bonds is 12. The van der Waals surface area contributed by atoms with Crippen LogP contribution in [0.3, 0.4) is 0 Å². The van der Waals surface area contributed by atoms with E-state index in [4.69, 9.17) is 4.74 Å². The highest BCUT2D eigenvalue weighted by Gasteiger charge is 2.45. The van der Waals surface area contributed by atoms with E-state index in [1.165, 1.54) is 17.7 Å². The molecule has 2 fully saturated rings. The first kappa shape index (κ1) is 39.3. The number of hydrogen-bond donors (Lipinski definition) is 1. The van der Waals surface area contributed by atoms with Gasteiger partial charge in [0.05, 0.1) is 40.6 Å². The van der Waals surface area contributed by atoms with Crippen molar-refractivity contribution in [3.63, 3.8) is 0 Å². The van der Waals surface area contributed by atoms with Crippen molar-refractivity contribution in [1.82, 2.24) is 15.1 Å². The summed E-state index contributed by atoms with van der Waals surface area (Å²) in [5, 5.41) is 11.5. The average molecular weight is 794 g/mol. The average Bonchev–Trinajstić information content (AvgIpc) is 3.60. The van der Waals surface area contributed by atoms with Crippen LogP contribution in [0.5, 0.6) is 5.75 Å². The Balaban J connectivity index is 0.837. The summed E-state index contributed by atoms with van der Waals surface area (Å²) in [5.41, 5.74) is 7.13. The lowest BCUT2D eigenvalue weighted by Crippen LogP contribution is -2.55. The van der Waals surface area contributed by atoms with Gasteiger partial charge in [-0.2, -0.15) is 5.26 Å². The van der Waals surface area contributed by atoms with E-state index in [-0.39, 0.29) is 30.6 Å². The summed E-state index contributed by atoms with van der Waals surface area (Å²) in [4.78, 5) is 72.6. The van der Waals surface area contributed by atoms with Crippen molar-refractivity contribution in [2.45, 2.75) is 45.1 Å². The minimum absolute atomic E-state index is 0.0328. The number of amides is 5. The summed E-state index contributed by atoms with van der Waals surface area (Å²) < 4.78 is 5.42. The molecule has 13 heteroatoms. The number of anilines is 4. The minimum Gasteiger partial charge on any atom is -0.495 e. The number of piperazine rings is 1. The lowest BCUT2D eigenvalue weighted by Gasteiger charge is -2.45. The highest BCUT2D eigenvalue weighted by atomic mass is 16.5. The quantitative estimate of drug-likeness (QED) is 0.145. The molecule has 4 aromatic rings. The zero-order chi connectivity index (χ0) is 41.6. The maximum Gasteiger partial charge on any atom is 0.261 e. The molecule has 5 amide bonds. The van der Waals surface area contributed by atoms with Crippen LogP contribution in [0.4, 0.5) is 22.7 Å². The molecule has 0 spiro atoms. The van der Waals surface area contributed by atoms with E-state index >= 15 is 0 Å². The van der Waals surface area contributed by atoms with E-state index in [0.29, 0.717) is 40.5 Å². The molecule has 302 valence electrons. The second-order valence-corrected chi connectivity index (χ2v) is 16.4. The Kier molecular flexibility index (Phi) is 10.4. The molecule has 1 atom stereocenters. The molecule has 4 aliphatic rings. The number of carbonyl (C=O) groups is 5. The lowest BCUT2D eigenvalue weighted by molar-refractivity contribution is -0.125. The van der Waals surface area contributed by atoms with E-state index in [1.807, 2.05) is 32.0 Å². The molecular formula is C46H47N7O6. The number of hydrogen-bond acceptors (Lipinski definition) is 10. The summed E-state index contributed by atoms with van der Waals surface area (Å²) in [6.07, 6.45) is 0.637. The smallest absolute Gasteiger partial charge is 0.261 e. The predicted molar refractivity (Wildman–Crippen MR) is 224 cm³/mol. The van der Waals surface area contributed by atoms with Gasteiger partial charge >= 0.3 is 0 Å². The summed E-state index contributed by atoms with van der Waals surface area (Å²) >= 11 is 0. The Hall–Kier alpha value is -6.52. The minimum atomic E-state index is -0.736. The number of benzene rings is 4. The van der Waals surface area contributed by atoms with Crippen LogP contribution in [0.1, 0.15) is 65.5 Å². The van der Waals surface area contributed by atoms with E-state index in [0.717, 1.165) is 73.9 Å². The fourth-order valence-corrected chi connectivity index (χ4v) is 8.85. The lowest BCUT2D eigenvalue weighted by atomic mass is 9.84. The second-order valence-electron chi connectivity index (χ2n) is 16.4. The summed E-state index contributed by atoms with van der Waals surface area (Å²) in [6, 6.07) is 27.2. The van der Waals surface area contributed by atoms with Gasteiger partial charge in [0.15, 0.2) is 0 Å². The van der Waals surface area contributed by atoms with Crippen molar-refractivity contribution in [3.05, 3.63) is 101 Å². The molecule has 8 rings (SSSR count). The summed E-state index contributed by atoms with van der Waals surface area (Å²) in [5.74, 6) is -0.179. The molecule has 1 N–H and O–H groups in total. The Morgan fingerprint density at radius 1 is 0.864 bits per heavy atom. The number of ether oxygens (including phenoxy) is 1. The first-order chi connectivity index (χ1) is 28.4. The topological polar surface area (TPSA) is 147 Å². The van der Waals surface area contributed by atoms with Crippen LogP contribution < -0.4 is 24.8 Å². The predicted octanol–water partition coefficient (Wildman–Crippen LogP) is 5.49. The number of fused-ring (bicyclic) bond motifs is 2. The number of nitrogens with zero attached hydrogens (tertiary/aromatic N) is 6. The van der Waals surface area contributed by atoms with E-state index < -0.39 is 17.4 Å². The van der Waals surface area contributed by atoms with Crippen molar-refractivity contribution in [1.29, 1.82) is 5.26 Å². The van der Waals surface area contributed by atoms with Gasteiger partial charge in [-0.15, -0.1) is 0 Å². The van der Waals surface area contributed by atoms with Crippen LogP contribution in [-0.4, -0.2) is 98.8 Å². The van der Waals surface area contributed by atoms with Gasteiger partial charge in [-0.3, -0.25) is 44.0 Å². The molecule has 4 aromatic carbocycles. The van der Waals surface area contributed by atoms with Gasteiger partial charge in [-0.05, 0) is 98.5 Å². The molecule has 59 heavy (non-hydrogen) atoms. The summed E-state index contributed by atoms with van der Waals surface area (Å²) in [7, 11) is 1.52. The highest BCUT2D eigenvalue weighted by molar-refractivity contribution is 6.22. The van der Waals surface area contributed by atoms with Crippen molar-refractivity contribution in [2.24, 2.45) is 5.92 Å². The van der Waals surface area contributed by atoms with Crippen molar-refractivity contribution in [2.75, 3.05) is 67.6 Å². The van der Waals surface area contributed by atoms with Crippen LogP contribution >= 0.6 is 0 Å². The fraction of sp³-hybridized carbons (Fsp3) is 0.348. The first-order valence-electron chi connectivity index (χ1n) is 20.1. The molecule has 0 saturated carbocycles. The molecule has 0 aromatic heterocycles. The van der Waals surface area contributed by atoms with E-state index in [9.17, 15) is 29.2 Å². The molecule has 4 heterocycles. The van der Waals surface area contributed by atoms with Crippen molar-refractivity contribution >= 4 is 52.8 Å². The molecular weight excluding hydrogens is 747 g/mol. The van der Waals surface area contributed by atoms with Crippen LogP contribution in [-0.2, 0) is 19.8 Å². The van der Waals surface area contributed by atoms with Gasteiger partial charge in [-0.25, -0.2) is 0 Å². The van der Waals surface area contributed by atoms with Gasteiger partial charge < -0.3 is 14.5 Å².